The van der Waals surface area contributed by atoms with Crippen molar-refractivity contribution in [1.82, 2.24) is 5.32 Å². The average molecular weight is 403 g/mol. The normalized spacial score (nSPS) is 10.9. The quantitative estimate of drug-likeness (QED) is 0.634. The molecule has 0 aliphatic heterocycles. The van der Waals surface area contributed by atoms with E-state index in [0.717, 1.165) is 10.1 Å². The Labute approximate surface area is 166 Å². The number of ether oxygens (including phenoxy) is 1. The van der Waals surface area contributed by atoms with Crippen molar-refractivity contribution in [2.75, 3.05) is 12.4 Å². The molecule has 0 aliphatic rings. The number of methoxy groups -OCH3 is 1. The Morgan fingerprint density at radius 2 is 1.89 bits per heavy atom. The molecule has 1 heterocycles. The van der Waals surface area contributed by atoms with Crippen molar-refractivity contribution in [3.63, 3.8) is 0 Å². The van der Waals surface area contributed by atoms with Crippen molar-refractivity contribution in [3.05, 3.63) is 57.9 Å². The maximum atomic E-state index is 12.7. The lowest BCUT2D eigenvalue weighted by Gasteiger charge is -2.10. The molecule has 27 heavy (non-hydrogen) atoms. The summed E-state index contributed by atoms with van der Waals surface area (Å²) in [6.07, 6.45) is 0. The maximum absolute atomic E-state index is 12.7. The van der Waals surface area contributed by atoms with Crippen molar-refractivity contribution >= 4 is 50.5 Å². The number of carbonyl (C=O) groups is 2. The highest BCUT2D eigenvalue weighted by molar-refractivity contribution is 7.21. The summed E-state index contributed by atoms with van der Waals surface area (Å²) >= 11 is 7.69. The fourth-order valence-electron chi connectivity index (χ4n) is 2.59. The van der Waals surface area contributed by atoms with Gasteiger partial charge in [0.2, 0.25) is 0 Å². The van der Waals surface area contributed by atoms with Crippen LogP contribution >= 0.6 is 22.9 Å². The lowest BCUT2D eigenvalue weighted by Crippen LogP contribution is -2.30. The standard InChI is InChI=1S/C20H19ClN2O3S/c1-11(2)22-19(24)12-5-4-6-13(9-12)23-20(25)18-17(21)15-8-7-14(26-3)10-16(15)27-18/h4-11H,1-3H3,(H,22,24)(H,23,25). The molecule has 2 aromatic carbocycles. The third-order valence-electron chi connectivity index (χ3n) is 3.85. The van der Waals surface area contributed by atoms with Crippen LogP contribution < -0.4 is 15.4 Å². The smallest absolute Gasteiger partial charge is 0.267 e. The van der Waals surface area contributed by atoms with Crippen molar-refractivity contribution < 1.29 is 14.3 Å². The first-order valence-corrected chi connectivity index (χ1v) is 9.57. The van der Waals surface area contributed by atoms with E-state index in [2.05, 4.69) is 10.6 Å². The fourth-order valence-corrected chi connectivity index (χ4v) is 4.03. The van der Waals surface area contributed by atoms with Gasteiger partial charge in [0.1, 0.15) is 10.6 Å². The number of nitrogens with one attached hydrogen (secondary N) is 2. The summed E-state index contributed by atoms with van der Waals surface area (Å²) in [5.74, 6) is 0.200. The van der Waals surface area contributed by atoms with E-state index >= 15 is 0 Å². The van der Waals surface area contributed by atoms with Gasteiger partial charge in [-0.05, 0) is 50.2 Å². The number of amides is 2. The van der Waals surface area contributed by atoms with Gasteiger partial charge in [-0.2, -0.15) is 0 Å². The largest absolute Gasteiger partial charge is 0.497 e. The lowest BCUT2D eigenvalue weighted by atomic mass is 10.1. The highest BCUT2D eigenvalue weighted by Crippen LogP contribution is 2.37. The van der Waals surface area contributed by atoms with Gasteiger partial charge in [-0.3, -0.25) is 9.59 Å². The first-order chi connectivity index (χ1) is 12.9. The first-order valence-electron chi connectivity index (χ1n) is 8.37. The van der Waals surface area contributed by atoms with E-state index in [4.69, 9.17) is 16.3 Å². The van der Waals surface area contributed by atoms with Crippen LogP contribution in [-0.4, -0.2) is 25.0 Å². The Hall–Kier alpha value is -2.57. The monoisotopic (exact) mass is 402 g/mol. The molecular formula is C20H19ClN2O3S. The van der Waals surface area contributed by atoms with Crippen LogP contribution in [0.2, 0.25) is 5.02 Å². The van der Waals surface area contributed by atoms with Gasteiger partial charge in [0.25, 0.3) is 11.8 Å². The molecule has 2 N–H and O–H groups in total. The summed E-state index contributed by atoms with van der Waals surface area (Å²) in [6.45, 7) is 3.78. The van der Waals surface area contributed by atoms with E-state index in [-0.39, 0.29) is 17.9 Å². The molecule has 0 spiro atoms. The molecule has 0 fully saturated rings. The van der Waals surface area contributed by atoms with Crippen molar-refractivity contribution in [1.29, 1.82) is 0 Å². The van der Waals surface area contributed by atoms with Crippen LogP contribution in [0.5, 0.6) is 5.75 Å². The Kier molecular flexibility index (Phi) is 5.68. The van der Waals surface area contributed by atoms with Gasteiger partial charge in [0.15, 0.2) is 0 Å². The van der Waals surface area contributed by atoms with E-state index in [1.807, 2.05) is 26.0 Å². The number of anilines is 1. The second-order valence-corrected chi connectivity index (χ2v) is 7.70. The highest BCUT2D eigenvalue weighted by Gasteiger charge is 2.18. The number of benzene rings is 2. The molecule has 3 rings (SSSR count). The van der Waals surface area contributed by atoms with Gasteiger partial charge in [-0.1, -0.05) is 17.7 Å². The topological polar surface area (TPSA) is 67.4 Å². The lowest BCUT2D eigenvalue weighted by molar-refractivity contribution is 0.0942. The molecule has 3 aromatic rings. The number of halogens is 1. The molecule has 140 valence electrons. The van der Waals surface area contributed by atoms with Gasteiger partial charge in [0.05, 0.1) is 12.1 Å². The maximum Gasteiger partial charge on any atom is 0.267 e. The molecule has 0 unspecified atom stereocenters. The molecule has 0 radical (unpaired) electrons. The zero-order valence-electron chi connectivity index (χ0n) is 15.1. The molecule has 7 heteroatoms. The van der Waals surface area contributed by atoms with Gasteiger partial charge in [0, 0.05) is 27.4 Å². The average Bonchev–Trinajstić information content (AvgIpc) is 2.97. The molecule has 0 atom stereocenters. The minimum absolute atomic E-state index is 0.0325. The van der Waals surface area contributed by atoms with Crippen molar-refractivity contribution in [2.24, 2.45) is 0 Å². The Bertz CT molecular complexity index is 1010. The molecule has 0 bridgehead atoms. The van der Waals surface area contributed by atoms with Crippen molar-refractivity contribution in [2.45, 2.75) is 19.9 Å². The highest BCUT2D eigenvalue weighted by atomic mass is 35.5. The summed E-state index contributed by atoms with van der Waals surface area (Å²) in [5.41, 5.74) is 1.01. The van der Waals surface area contributed by atoms with Gasteiger partial charge < -0.3 is 15.4 Å². The molecule has 0 saturated heterocycles. The van der Waals surface area contributed by atoms with E-state index in [0.29, 0.717) is 26.9 Å². The van der Waals surface area contributed by atoms with Gasteiger partial charge in [-0.25, -0.2) is 0 Å². The number of rotatable bonds is 5. The summed E-state index contributed by atoms with van der Waals surface area (Å²) in [7, 11) is 1.59. The minimum atomic E-state index is -0.318. The summed E-state index contributed by atoms with van der Waals surface area (Å²) in [6, 6.07) is 12.3. The first kappa shape index (κ1) is 19.2. The number of hydrogen-bond acceptors (Lipinski definition) is 4. The number of thiophene rings is 1. The second-order valence-electron chi connectivity index (χ2n) is 6.27. The minimum Gasteiger partial charge on any atom is -0.497 e. The third kappa shape index (κ3) is 4.23. The fraction of sp³-hybridized carbons (Fsp3) is 0.200. The molecule has 5 nitrogen and oxygen atoms in total. The van der Waals surface area contributed by atoms with Gasteiger partial charge >= 0.3 is 0 Å². The number of hydrogen-bond donors (Lipinski definition) is 2. The number of fused-ring (bicyclic) bond motifs is 1. The molecular weight excluding hydrogens is 384 g/mol. The third-order valence-corrected chi connectivity index (χ3v) is 5.50. The number of carbonyl (C=O) groups excluding carboxylic acids is 2. The SMILES string of the molecule is COc1ccc2c(Cl)c(C(=O)Nc3cccc(C(=O)NC(C)C)c3)sc2c1. The molecule has 0 saturated carbocycles. The summed E-state index contributed by atoms with van der Waals surface area (Å²) in [4.78, 5) is 25.3. The second kappa shape index (κ2) is 7.98. The van der Waals surface area contributed by atoms with Crippen LogP contribution in [0.3, 0.4) is 0 Å². The van der Waals surface area contributed by atoms with E-state index in [1.54, 1.807) is 37.4 Å². The Balaban J connectivity index is 1.84. The molecule has 1 aromatic heterocycles. The van der Waals surface area contributed by atoms with Crippen LogP contribution in [0.4, 0.5) is 5.69 Å². The van der Waals surface area contributed by atoms with Gasteiger partial charge in [-0.15, -0.1) is 11.3 Å². The van der Waals surface area contributed by atoms with Crippen LogP contribution in [0.1, 0.15) is 33.9 Å². The predicted octanol–water partition coefficient (Wildman–Crippen LogP) is 4.95. The summed E-state index contributed by atoms with van der Waals surface area (Å²) < 4.78 is 6.09. The Morgan fingerprint density at radius 3 is 2.59 bits per heavy atom. The zero-order valence-corrected chi connectivity index (χ0v) is 16.7. The van der Waals surface area contributed by atoms with E-state index in [1.165, 1.54) is 11.3 Å². The molecule has 2 amide bonds. The predicted molar refractivity (Wildman–Crippen MR) is 110 cm³/mol. The molecule has 0 aliphatic carbocycles. The zero-order chi connectivity index (χ0) is 19.6. The Morgan fingerprint density at radius 1 is 1.11 bits per heavy atom. The summed E-state index contributed by atoms with van der Waals surface area (Å²) in [5, 5.41) is 6.85. The van der Waals surface area contributed by atoms with Crippen LogP contribution in [-0.2, 0) is 0 Å². The van der Waals surface area contributed by atoms with Crippen LogP contribution in [0.25, 0.3) is 10.1 Å². The van der Waals surface area contributed by atoms with E-state index in [9.17, 15) is 9.59 Å². The van der Waals surface area contributed by atoms with Crippen LogP contribution in [0, 0.1) is 0 Å². The van der Waals surface area contributed by atoms with Crippen molar-refractivity contribution in [3.8, 4) is 5.75 Å². The van der Waals surface area contributed by atoms with Crippen LogP contribution in [0.15, 0.2) is 42.5 Å². The van der Waals surface area contributed by atoms with E-state index < -0.39 is 0 Å².